The van der Waals surface area contributed by atoms with Crippen molar-refractivity contribution in [2.75, 3.05) is 20.3 Å². The molecule has 326 valence electrons. The summed E-state index contributed by atoms with van der Waals surface area (Å²) in [5.74, 6) is -0.530. The fraction of sp³-hybridized carbons (Fsp3) is 0.380. The van der Waals surface area contributed by atoms with Gasteiger partial charge >= 0.3 is 5.97 Å². The van der Waals surface area contributed by atoms with Gasteiger partial charge in [-0.3, -0.25) is 4.79 Å². The summed E-state index contributed by atoms with van der Waals surface area (Å²) in [6, 6.07) is 49.2. The summed E-state index contributed by atoms with van der Waals surface area (Å²) in [4.78, 5) is 12.9. The van der Waals surface area contributed by atoms with Crippen LogP contribution in [0.2, 0.25) is 0 Å². The molecule has 0 spiro atoms. The van der Waals surface area contributed by atoms with E-state index in [9.17, 15) is 4.79 Å². The lowest BCUT2D eigenvalue weighted by atomic mass is 9.95. The Morgan fingerprint density at radius 3 is 1.58 bits per heavy atom. The molecule has 3 fully saturated rings. The molecule has 3 aliphatic rings. The lowest BCUT2D eigenvalue weighted by molar-refractivity contribution is -0.396. The van der Waals surface area contributed by atoms with Crippen LogP contribution in [-0.4, -0.2) is 87.7 Å². The van der Waals surface area contributed by atoms with Crippen molar-refractivity contribution in [3.8, 4) is 0 Å². The molecule has 3 heterocycles. The van der Waals surface area contributed by atoms with Crippen molar-refractivity contribution in [3.63, 3.8) is 0 Å². The molecule has 0 unspecified atom stereocenters. The van der Waals surface area contributed by atoms with E-state index >= 15 is 0 Å². The Hall–Kier alpha value is -4.83. The molecule has 8 rings (SSSR count). The maximum absolute atomic E-state index is 12.9. The quantitative estimate of drug-likeness (QED) is 0.0814. The number of rotatable bonds is 18. The predicted octanol–water partition coefficient (Wildman–Crippen LogP) is 7.49. The van der Waals surface area contributed by atoms with Crippen molar-refractivity contribution in [3.05, 3.63) is 179 Å². The molecule has 12 heteroatoms. The van der Waals surface area contributed by atoms with Gasteiger partial charge < -0.3 is 52.1 Å². The molecular weight excluding hydrogens is 793 g/mol. The van der Waals surface area contributed by atoms with Crippen LogP contribution < -0.4 is 0 Å². The molecule has 3 aliphatic heterocycles. The van der Waals surface area contributed by atoms with Gasteiger partial charge in [0.15, 0.2) is 31.1 Å². The Balaban J connectivity index is 1.15. The first-order chi connectivity index (χ1) is 30.5. The molecule has 0 amide bonds. The van der Waals surface area contributed by atoms with E-state index in [4.69, 9.17) is 52.1 Å². The van der Waals surface area contributed by atoms with E-state index < -0.39 is 73.7 Å². The largest absolute Gasteiger partial charge is 0.457 e. The van der Waals surface area contributed by atoms with Gasteiger partial charge in [-0.1, -0.05) is 152 Å². The zero-order valence-corrected chi connectivity index (χ0v) is 34.9. The maximum atomic E-state index is 12.9. The lowest BCUT2D eigenvalue weighted by Crippen LogP contribution is -2.67. The van der Waals surface area contributed by atoms with Crippen LogP contribution in [0.15, 0.2) is 152 Å². The number of ether oxygens (including phenoxy) is 11. The van der Waals surface area contributed by atoms with Crippen LogP contribution in [-0.2, 0) is 83.3 Å². The number of carbonyl (C=O) groups is 1. The summed E-state index contributed by atoms with van der Waals surface area (Å²) in [6.45, 7) is 2.69. The Bertz CT molecular complexity index is 2060. The highest BCUT2D eigenvalue weighted by molar-refractivity contribution is 5.66. The minimum Gasteiger partial charge on any atom is -0.457 e. The van der Waals surface area contributed by atoms with E-state index in [1.54, 1.807) is 0 Å². The van der Waals surface area contributed by atoms with Crippen molar-refractivity contribution in [1.82, 2.24) is 0 Å². The zero-order chi connectivity index (χ0) is 42.5. The first kappa shape index (κ1) is 43.8. The summed E-state index contributed by atoms with van der Waals surface area (Å²) in [7, 11) is 1.51. The highest BCUT2D eigenvalue weighted by Crippen LogP contribution is 2.39. The highest BCUT2D eigenvalue weighted by Gasteiger charge is 2.56. The maximum Gasteiger partial charge on any atom is 0.303 e. The third-order valence-electron chi connectivity index (χ3n) is 11.0. The van der Waals surface area contributed by atoms with E-state index in [-0.39, 0.29) is 33.0 Å². The van der Waals surface area contributed by atoms with Gasteiger partial charge in [0.05, 0.1) is 39.6 Å². The zero-order valence-electron chi connectivity index (χ0n) is 34.9. The minimum atomic E-state index is -1.15. The van der Waals surface area contributed by atoms with Gasteiger partial charge in [-0.05, 0) is 22.3 Å². The average molecular weight is 847 g/mol. The van der Waals surface area contributed by atoms with Gasteiger partial charge in [0.2, 0.25) is 0 Å². The molecule has 5 aromatic rings. The Labute approximate surface area is 362 Å². The van der Waals surface area contributed by atoms with Crippen molar-refractivity contribution in [2.24, 2.45) is 0 Å². The topological polar surface area (TPSA) is 119 Å². The Morgan fingerprint density at radius 1 is 0.548 bits per heavy atom. The van der Waals surface area contributed by atoms with E-state index in [1.165, 1.54) is 14.0 Å². The molecule has 5 aromatic carbocycles. The van der Waals surface area contributed by atoms with Gasteiger partial charge in [-0.15, -0.1) is 0 Å². The SMILES string of the molecule is CO[C@H]1O[C@@H]2CO[C@@H](c3ccccc3)O[C@H]2[C@H](OC(C)=O)[C@H]1O[C@@H]1O[C@H](COCc2ccccc2)[C@@H](OCc2ccccc2)[C@H](OCc2ccccc2)[C@H]1OCc1ccccc1. The van der Waals surface area contributed by atoms with E-state index in [2.05, 4.69) is 0 Å². The van der Waals surface area contributed by atoms with Gasteiger partial charge in [-0.25, -0.2) is 0 Å². The van der Waals surface area contributed by atoms with Crippen LogP contribution in [0, 0.1) is 0 Å². The second kappa shape index (κ2) is 22.0. The lowest BCUT2D eigenvalue weighted by Gasteiger charge is -2.51. The molecule has 0 saturated carbocycles. The molecule has 0 radical (unpaired) electrons. The fourth-order valence-electron chi connectivity index (χ4n) is 8.00. The summed E-state index contributed by atoms with van der Waals surface area (Å²) in [5, 5.41) is 0. The van der Waals surface area contributed by atoms with Crippen LogP contribution in [0.4, 0.5) is 0 Å². The van der Waals surface area contributed by atoms with Gasteiger partial charge in [0.25, 0.3) is 0 Å². The highest BCUT2D eigenvalue weighted by atomic mass is 16.8. The number of carbonyl (C=O) groups excluding carboxylic acids is 1. The Morgan fingerprint density at radius 2 is 1.05 bits per heavy atom. The number of esters is 1. The third-order valence-corrected chi connectivity index (χ3v) is 11.0. The van der Waals surface area contributed by atoms with E-state index in [0.29, 0.717) is 6.61 Å². The first-order valence-electron chi connectivity index (χ1n) is 21.1. The van der Waals surface area contributed by atoms with Gasteiger partial charge in [0.1, 0.15) is 36.6 Å². The fourth-order valence-corrected chi connectivity index (χ4v) is 8.00. The van der Waals surface area contributed by atoms with Crippen LogP contribution in [0.5, 0.6) is 0 Å². The molecule has 62 heavy (non-hydrogen) atoms. The van der Waals surface area contributed by atoms with E-state index in [0.717, 1.165) is 27.8 Å². The Kier molecular flexibility index (Phi) is 15.5. The van der Waals surface area contributed by atoms with Crippen molar-refractivity contribution >= 4 is 5.97 Å². The molecule has 0 bridgehead atoms. The number of fused-ring (bicyclic) bond motifs is 1. The standard InChI is InChI=1S/C50H54O12/c1-34(51)58-45-43-41(33-57-48(61-43)39-26-16-7-17-27-39)59-49(52-2)47(45)62-50-46(56-31-38-24-14-6-15-25-38)44(55-30-37-22-12-5-13-23-37)42(54-29-36-20-10-4-11-21-36)40(60-50)32-53-28-35-18-8-3-9-19-35/h3-27,40-50H,28-33H2,1-2H3/t40-,41-,42-,43-,44+,45+,46-,47-,48-,49+,50+/m1/s1. The number of methoxy groups -OCH3 is 1. The van der Waals surface area contributed by atoms with E-state index in [1.807, 2.05) is 152 Å². The smallest absolute Gasteiger partial charge is 0.303 e. The van der Waals surface area contributed by atoms with Crippen molar-refractivity contribution < 1.29 is 56.9 Å². The molecule has 11 atom stereocenters. The first-order valence-corrected chi connectivity index (χ1v) is 21.1. The van der Waals surface area contributed by atoms with Crippen LogP contribution in [0.1, 0.15) is 41.0 Å². The predicted molar refractivity (Wildman–Crippen MR) is 226 cm³/mol. The van der Waals surface area contributed by atoms with Crippen LogP contribution in [0.3, 0.4) is 0 Å². The summed E-state index contributed by atoms with van der Waals surface area (Å²) in [6.07, 6.45) is -9.50. The average Bonchev–Trinajstić information content (AvgIpc) is 3.32. The summed E-state index contributed by atoms with van der Waals surface area (Å²) < 4.78 is 72.2. The van der Waals surface area contributed by atoms with Crippen molar-refractivity contribution in [2.45, 2.75) is 101 Å². The molecule has 3 saturated heterocycles. The van der Waals surface area contributed by atoms with Crippen LogP contribution >= 0.6 is 0 Å². The summed E-state index contributed by atoms with van der Waals surface area (Å²) in [5.41, 5.74) is 4.68. The normalized spacial score (nSPS) is 28.5. The van der Waals surface area contributed by atoms with Gasteiger partial charge in [0, 0.05) is 19.6 Å². The number of benzene rings is 5. The minimum absolute atomic E-state index is 0.122. The molecule has 12 nitrogen and oxygen atoms in total. The number of hydrogen-bond donors (Lipinski definition) is 0. The molecule has 0 N–H and O–H groups in total. The second-order valence-corrected chi connectivity index (χ2v) is 15.5. The number of hydrogen-bond acceptors (Lipinski definition) is 12. The molecule has 0 aromatic heterocycles. The molecule has 0 aliphatic carbocycles. The van der Waals surface area contributed by atoms with Gasteiger partial charge in [-0.2, -0.15) is 0 Å². The molecular formula is C50H54O12. The second-order valence-electron chi connectivity index (χ2n) is 15.5. The van der Waals surface area contributed by atoms with Crippen molar-refractivity contribution in [1.29, 1.82) is 0 Å². The third kappa shape index (κ3) is 11.4. The summed E-state index contributed by atoms with van der Waals surface area (Å²) >= 11 is 0. The monoisotopic (exact) mass is 846 g/mol. The van der Waals surface area contributed by atoms with Crippen LogP contribution in [0.25, 0.3) is 0 Å².